The van der Waals surface area contributed by atoms with Gasteiger partial charge in [0.1, 0.15) is 11.5 Å². The lowest BCUT2D eigenvalue weighted by Gasteiger charge is -2.33. The Morgan fingerprint density at radius 3 is 2.39 bits per heavy atom. The minimum Gasteiger partial charge on any atom is -0.457 e. The molecule has 0 amide bonds. The molecule has 0 unspecified atom stereocenters. The van der Waals surface area contributed by atoms with E-state index in [9.17, 15) is 0 Å². The van der Waals surface area contributed by atoms with Crippen LogP contribution in [0.1, 0.15) is 11.3 Å². The molecule has 2 aromatic carbocycles. The lowest BCUT2D eigenvalue weighted by Crippen LogP contribution is -2.45. The molecule has 7 heteroatoms. The van der Waals surface area contributed by atoms with Gasteiger partial charge in [0.2, 0.25) is 0 Å². The van der Waals surface area contributed by atoms with E-state index in [-0.39, 0.29) is 0 Å². The second-order valence-corrected chi connectivity index (χ2v) is 9.79. The summed E-state index contributed by atoms with van der Waals surface area (Å²) in [7, 11) is 2.20. The maximum atomic E-state index is 5.90. The standard InChI is InChI=1S/C26H32N4OS2/c1-28-16-18-29(19-17-28)14-6-15-30(21-25-9-5-20-33-25)26(32)27-22-10-12-24(13-11-22)31-23-7-3-2-4-8-23/h2-5,7-13,20H,6,14-19,21H2,1H3,(H,27,32). The highest BCUT2D eigenvalue weighted by atomic mass is 32.1. The Morgan fingerprint density at radius 1 is 0.970 bits per heavy atom. The third-order valence-electron chi connectivity index (χ3n) is 5.80. The van der Waals surface area contributed by atoms with Crippen molar-refractivity contribution in [3.8, 4) is 11.5 Å². The molecule has 33 heavy (non-hydrogen) atoms. The summed E-state index contributed by atoms with van der Waals surface area (Å²) in [5.41, 5.74) is 0.968. The van der Waals surface area contributed by atoms with Crippen LogP contribution in [0.5, 0.6) is 11.5 Å². The summed E-state index contributed by atoms with van der Waals surface area (Å²) in [6.45, 7) is 7.50. The maximum absolute atomic E-state index is 5.90. The van der Waals surface area contributed by atoms with Crippen molar-refractivity contribution in [1.82, 2.24) is 14.7 Å². The van der Waals surface area contributed by atoms with Crippen LogP contribution in [-0.2, 0) is 6.54 Å². The van der Waals surface area contributed by atoms with Crippen molar-refractivity contribution in [2.75, 3.05) is 51.6 Å². The molecule has 1 fully saturated rings. The Hall–Kier alpha value is -2.45. The molecule has 1 aromatic heterocycles. The fraction of sp³-hybridized carbons (Fsp3) is 0.346. The molecule has 2 heterocycles. The number of thiocarbonyl (C=S) groups is 1. The molecule has 4 rings (SSSR count). The van der Waals surface area contributed by atoms with Gasteiger partial charge in [-0.1, -0.05) is 24.3 Å². The largest absolute Gasteiger partial charge is 0.457 e. The first-order chi connectivity index (χ1) is 16.2. The van der Waals surface area contributed by atoms with E-state index in [4.69, 9.17) is 17.0 Å². The summed E-state index contributed by atoms with van der Waals surface area (Å²) in [5.74, 6) is 1.64. The first kappa shape index (κ1) is 23.7. The van der Waals surface area contributed by atoms with Crippen LogP contribution in [0.4, 0.5) is 5.69 Å². The summed E-state index contributed by atoms with van der Waals surface area (Å²) >= 11 is 7.60. The lowest BCUT2D eigenvalue weighted by atomic mass is 10.3. The van der Waals surface area contributed by atoms with E-state index in [0.717, 1.165) is 74.5 Å². The van der Waals surface area contributed by atoms with E-state index < -0.39 is 0 Å². The molecular formula is C26H32N4OS2. The molecule has 0 radical (unpaired) electrons. The number of thiophene rings is 1. The molecule has 0 atom stereocenters. The van der Waals surface area contributed by atoms with Gasteiger partial charge in [-0.2, -0.15) is 0 Å². The highest BCUT2D eigenvalue weighted by molar-refractivity contribution is 7.80. The number of hydrogen-bond acceptors (Lipinski definition) is 5. The van der Waals surface area contributed by atoms with Crippen LogP contribution in [0, 0.1) is 0 Å². The van der Waals surface area contributed by atoms with Gasteiger partial charge < -0.3 is 24.8 Å². The number of nitrogens with zero attached hydrogens (tertiary/aromatic N) is 3. The zero-order chi connectivity index (χ0) is 22.9. The van der Waals surface area contributed by atoms with Crippen LogP contribution in [0.25, 0.3) is 0 Å². The van der Waals surface area contributed by atoms with Gasteiger partial charge in [-0.25, -0.2) is 0 Å². The van der Waals surface area contributed by atoms with E-state index in [1.165, 1.54) is 4.88 Å². The summed E-state index contributed by atoms with van der Waals surface area (Å²) in [5, 5.41) is 6.31. The number of ether oxygens (including phenoxy) is 1. The predicted molar refractivity (Wildman–Crippen MR) is 142 cm³/mol. The molecule has 5 nitrogen and oxygen atoms in total. The zero-order valence-corrected chi connectivity index (χ0v) is 20.8. The number of anilines is 1. The van der Waals surface area contributed by atoms with Gasteiger partial charge >= 0.3 is 0 Å². The number of para-hydroxylation sites is 1. The predicted octanol–water partition coefficient (Wildman–Crippen LogP) is 5.38. The third-order valence-corrected chi connectivity index (χ3v) is 7.02. The number of nitrogens with one attached hydrogen (secondary N) is 1. The van der Waals surface area contributed by atoms with Crippen molar-refractivity contribution in [1.29, 1.82) is 0 Å². The average molecular weight is 481 g/mol. The van der Waals surface area contributed by atoms with Gasteiger partial charge in [0.15, 0.2) is 5.11 Å². The van der Waals surface area contributed by atoms with E-state index in [0.29, 0.717) is 0 Å². The van der Waals surface area contributed by atoms with Gasteiger partial charge in [-0.15, -0.1) is 11.3 Å². The van der Waals surface area contributed by atoms with Gasteiger partial charge in [-0.3, -0.25) is 0 Å². The third kappa shape index (κ3) is 7.54. The first-order valence-corrected chi connectivity index (χ1v) is 12.8. The van der Waals surface area contributed by atoms with Crippen molar-refractivity contribution in [2.24, 2.45) is 0 Å². The average Bonchev–Trinajstić information content (AvgIpc) is 3.35. The quantitative estimate of drug-likeness (QED) is 0.414. The van der Waals surface area contributed by atoms with Crippen molar-refractivity contribution >= 4 is 34.4 Å². The zero-order valence-electron chi connectivity index (χ0n) is 19.2. The van der Waals surface area contributed by atoms with Crippen molar-refractivity contribution in [3.63, 3.8) is 0 Å². The lowest BCUT2D eigenvalue weighted by molar-refractivity contribution is 0.150. The van der Waals surface area contributed by atoms with Crippen LogP contribution in [0.15, 0.2) is 72.1 Å². The van der Waals surface area contributed by atoms with Gasteiger partial charge in [-0.05, 0) is 80.1 Å². The second-order valence-electron chi connectivity index (χ2n) is 8.37. The van der Waals surface area contributed by atoms with Gasteiger partial charge in [0.05, 0.1) is 6.54 Å². The summed E-state index contributed by atoms with van der Waals surface area (Å²) in [6.07, 6.45) is 1.10. The Morgan fingerprint density at radius 2 is 1.70 bits per heavy atom. The number of hydrogen-bond donors (Lipinski definition) is 1. The normalized spacial score (nSPS) is 14.7. The summed E-state index contributed by atoms with van der Waals surface area (Å²) < 4.78 is 5.90. The van der Waals surface area contributed by atoms with Gasteiger partial charge in [0, 0.05) is 43.3 Å². The monoisotopic (exact) mass is 480 g/mol. The SMILES string of the molecule is CN1CCN(CCCN(Cc2cccs2)C(=S)Nc2ccc(Oc3ccccc3)cc2)CC1. The molecule has 1 saturated heterocycles. The Balaban J connectivity index is 1.32. The summed E-state index contributed by atoms with van der Waals surface area (Å²) in [4.78, 5) is 8.57. The Bertz CT molecular complexity index is 971. The molecule has 0 bridgehead atoms. The second kappa shape index (κ2) is 12.1. The minimum atomic E-state index is 0.763. The molecule has 3 aromatic rings. The number of piperazine rings is 1. The highest BCUT2D eigenvalue weighted by Gasteiger charge is 2.15. The van der Waals surface area contributed by atoms with Crippen LogP contribution in [0.3, 0.4) is 0 Å². The smallest absolute Gasteiger partial charge is 0.173 e. The van der Waals surface area contributed by atoms with Crippen molar-refractivity contribution < 1.29 is 4.74 Å². The number of rotatable bonds is 9. The molecular weight excluding hydrogens is 448 g/mol. The van der Waals surface area contributed by atoms with Gasteiger partial charge in [0.25, 0.3) is 0 Å². The fourth-order valence-electron chi connectivity index (χ4n) is 3.83. The number of benzene rings is 2. The van der Waals surface area contributed by atoms with Crippen molar-refractivity contribution in [2.45, 2.75) is 13.0 Å². The molecule has 0 saturated carbocycles. The Labute approximate surface area is 206 Å². The van der Waals surface area contributed by atoms with Crippen molar-refractivity contribution in [3.05, 3.63) is 77.0 Å². The van der Waals surface area contributed by atoms with E-state index in [2.05, 4.69) is 44.6 Å². The molecule has 0 spiro atoms. The van der Waals surface area contributed by atoms with Crippen LogP contribution < -0.4 is 10.1 Å². The fourth-order valence-corrected chi connectivity index (χ4v) is 4.83. The molecule has 1 N–H and O–H groups in total. The topological polar surface area (TPSA) is 31.0 Å². The van der Waals surface area contributed by atoms with Crippen LogP contribution in [-0.4, -0.2) is 66.1 Å². The highest BCUT2D eigenvalue weighted by Crippen LogP contribution is 2.23. The minimum absolute atomic E-state index is 0.763. The maximum Gasteiger partial charge on any atom is 0.173 e. The van der Waals surface area contributed by atoms with E-state index in [1.54, 1.807) is 11.3 Å². The Kier molecular flexibility index (Phi) is 8.72. The number of likely N-dealkylation sites (N-methyl/N-ethyl adjacent to an activating group) is 1. The molecule has 1 aliphatic rings. The summed E-state index contributed by atoms with van der Waals surface area (Å²) in [6, 6.07) is 22.1. The van der Waals surface area contributed by atoms with Crippen LogP contribution >= 0.6 is 23.6 Å². The molecule has 0 aliphatic carbocycles. The van der Waals surface area contributed by atoms with E-state index in [1.807, 2.05) is 54.6 Å². The molecule has 1 aliphatic heterocycles. The molecule has 174 valence electrons. The van der Waals surface area contributed by atoms with Crippen LogP contribution in [0.2, 0.25) is 0 Å². The van der Waals surface area contributed by atoms with E-state index >= 15 is 0 Å². The first-order valence-electron chi connectivity index (χ1n) is 11.5.